The van der Waals surface area contributed by atoms with Crippen molar-refractivity contribution in [3.05, 3.63) is 34.3 Å². The quantitative estimate of drug-likeness (QED) is 0.885. The molecule has 0 atom stereocenters. The van der Waals surface area contributed by atoms with Crippen LogP contribution in [0.4, 0.5) is 11.6 Å². The maximum Gasteiger partial charge on any atom is 0.134 e. The van der Waals surface area contributed by atoms with Gasteiger partial charge in [-0.15, -0.1) is 0 Å². The van der Waals surface area contributed by atoms with Gasteiger partial charge in [0.2, 0.25) is 0 Å². The molecule has 1 N–H and O–H groups in total. The molecule has 0 radical (unpaired) electrons. The summed E-state index contributed by atoms with van der Waals surface area (Å²) in [5.74, 6) is 2.86. The third-order valence-corrected chi connectivity index (χ3v) is 4.28. The monoisotopic (exact) mass is 288 g/mol. The van der Waals surface area contributed by atoms with Crippen LogP contribution in [0.3, 0.4) is 0 Å². The molecule has 1 aliphatic carbocycles. The van der Waals surface area contributed by atoms with Crippen LogP contribution in [0.25, 0.3) is 0 Å². The molecule has 5 heteroatoms. The molecule has 2 heterocycles. The first-order chi connectivity index (χ1) is 9.80. The second-order valence-corrected chi connectivity index (χ2v) is 5.90. The van der Waals surface area contributed by atoms with Gasteiger partial charge in [0.1, 0.15) is 17.5 Å². The van der Waals surface area contributed by atoms with E-state index in [2.05, 4.69) is 45.0 Å². The molecule has 0 unspecified atom stereocenters. The molecule has 0 aliphatic heterocycles. The van der Waals surface area contributed by atoms with Gasteiger partial charge in [0.25, 0.3) is 0 Å². The molecule has 0 amide bonds. The standard InChI is InChI=1S/C15H20N4S/c1-3-13-17-14(16-2)8-15(18-13)19(12-4-5-12)9-11-6-7-20-10-11/h6-8,10,12H,3-5,9H2,1-2H3,(H,16,17,18). The number of hydrogen-bond acceptors (Lipinski definition) is 5. The predicted molar refractivity (Wildman–Crippen MR) is 84.5 cm³/mol. The van der Waals surface area contributed by atoms with E-state index in [0.717, 1.165) is 30.4 Å². The first kappa shape index (κ1) is 13.4. The van der Waals surface area contributed by atoms with E-state index < -0.39 is 0 Å². The van der Waals surface area contributed by atoms with E-state index in [0.29, 0.717) is 6.04 Å². The van der Waals surface area contributed by atoms with Gasteiger partial charge in [-0.2, -0.15) is 11.3 Å². The Labute approximate surface area is 123 Å². The number of anilines is 2. The number of aryl methyl sites for hydroxylation is 1. The maximum absolute atomic E-state index is 4.72. The Hall–Kier alpha value is -1.62. The molecule has 0 bridgehead atoms. The van der Waals surface area contributed by atoms with Gasteiger partial charge < -0.3 is 10.2 Å². The summed E-state index contributed by atoms with van der Waals surface area (Å²) in [6.07, 6.45) is 3.40. The minimum Gasteiger partial charge on any atom is -0.373 e. The van der Waals surface area contributed by atoms with Crippen molar-refractivity contribution in [1.29, 1.82) is 0 Å². The molecular weight excluding hydrogens is 268 g/mol. The van der Waals surface area contributed by atoms with E-state index >= 15 is 0 Å². The van der Waals surface area contributed by atoms with Crippen molar-refractivity contribution in [1.82, 2.24) is 9.97 Å². The second kappa shape index (κ2) is 5.79. The molecular formula is C15H20N4S. The Bertz CT molecular complexity index is 541. The second-order valence-electron chi connectivity index (χ2n) is 5.12. The fourth-order valence-corrected chi connectivity index (χ4v) is 2.94. The van der Waals surface area contributed by atoms with Crippen LogP contribution in [0, 0.1) is 0 Å². The fraction of sp³-hybridized carbons (Fsp3) is 0.467. The van der Waals surface area contributed by atoms with Crippen molar-refractivity contribution in [3.8, 4) is 0 Å². The summed E-state index contributed by atoms with van der Waals surface area (Å²) in [7, 11) is 1.91. The summed E-state index contributed by atoms with van der Waals surface area (Å²) in [5.41, 5.74) is 1.37. The van der Waals surface area contributed by atoms with Crippen molar-refractivity contribution >= 4 is 23.0 Å². The highest BCUT2D eigenvalue weighted by Gasteiger charge is 2.30. The lowest BCUT2D eigenvalue weighted by Gasteiger charge is -2.24. The maximum atomic E-state index is 4.72. The fourth-order valence-electron chi connectivity index (χ4n) is 2.28. The Morgan fingerprint density at radius 2 is 2.25 bits per heavy atom. The number of aromatic nitrogens is 2. The molecule has 0 aromatic carbocycles. The van der Waals surface area contributed by atoms with Crippen molar-refractivity contribution < 1.29 is 0 Å². The van der Waals surface area contributed by atoms with Gasteiger partial charge in [-0.3, -0.25) is 0 Å². The average Bonchev–Trinajstić information content (AvgIpc) is 3.20. The molecule has 0 saturated heterocycles. The summed E-state index contributed by atoms with van der Waals surface area (Å²) >= 11 is 1.75. The van der Waals surface area contributed by atoms with Crippen LogP contribution in [-0.2, 0) is 13.0 Å². The van der Waals surface area contributed by atoms with Gasteiger partial charge in [0.05, 0.1) is 0 Å². The van der Waals surface area contributed by atoms with Gasteiger partial charge in [-0.1, -0.05) is 6.92 Å². The smallest absolute Gasteiger partial charge is 0.134 e. The molecule has 2 aromatic rings. The van der Waals surface area contributed by atoms with Gasteiger partial charge in [-0.05, 0) is 35.2 Å². The topological polar surface area (TPSA) is 41.1 Å². The zero-order valence-corrected chi connectivity index (χ0v) is 12.8. The lowest BCUT2D eigenvalue weighted by atomic mass is 10.3. The van der Waals surface area contributed by atoms with E-state index in [1.165, 1.54) is 18.4 Å². The van der Waals surface area contributed by atoms with Crippen molar-refractivity contribution in [2.45, 2.75) is 38.8 Å². The molecule has 0 spiro atoms. The van der Waals surface area contributed by atoms with Gasteiger partial charge in [0, 0.05) is 32.1 Å². The summed E-state index contributed by atoms with van der Waals surface area (Å²) in [4.78, 5) is 11.6. The van der Waals surface area contributed by atoms with Crippen LogP contribution >= 0.6 is 11.3 Å². The summed E-state index contributed by atoms with van der Waals surface area (Å²) in [6, 6.07) is 4.89. The number of rotatable bonds is 6. The van der Waals surface area contributed by atoms with E-state index in [1.54, 1.807) is 11.3 Å². The number of hydrogen-bond donors (Lipinski definition) is 1. The number of thiophene rings is 1. The van der Waals surface area contributed by atoms with Gasteiger partial charge >= 0.3 is 0 Å². The van der Waals surface area contributed by atoms with Crippen molar-refractivity contribution in [3.63, 3.8) is 0 Å². The molecule has 1 aliphatic rings. The molecule has 3 rings (SSSR count). The predicted octanol–water partition coefficient (Wildman–Crippen LogP) is 3.31. The van der Waals surface area contributed by atoms with Gasteiger partial charge in [0.15, 0.2) is 0 Å². The van der Waals surface area contributed by atoms with Crippen LogP contribution < -0.4 is 10.2 Å². The van der Waals surface area contributed by atoms with Crippen LogP contribution in [-0.4, -0.2) is 23.1 Å². The van der Waals surface area contributed by atoms with E-state index in [9.17, 15) is 0 Å². The first-order valence-corrected chi connectivity index (χ1v) is 8.08. The number of nitrogens with zero attached hydrogens (tertiary/aromatic N) is 3. The average molecular weight is 288 g/mol. The summed E-state index contributed by atoms with van der Waals surface area (Å²) in [6.45, 7) is 3.04. The molecule has 1 fully saturated rings. The highest BCUT2D eigenvalue weighted by molar-refractivity contribution is 7.07. The minimum atomic E-state index is 0.638. The third kappa shape index (κ3) is 2.93. The molecule has 20 heavy (non-hydrogen) atoms. The Kier molecular flexibility index (Phi) is 3.87. The van der Waals surface area contributed by atoms with E-state index in [1.807, 2.05) is 7.05 Å². The Morgan fingerprint density at radius 1 is 1.40 bits per heavy atom. The zero-order chi connectivity index (χ0) is 13.9. The van der Waals surface area contributed by atoms with E-state index in [-0.39, 0.29) is 0 Å². The summed E-state index contributed by atoms with van der Waals surface area (Å²) in [5, 5.41) is 7.49. The lowest BCUT2D eigenvalue weighted by Crippen LogP contribution is -2.26. The molecule has 106 valence electrons. The first-order valence-electron chi connectivity index (χ1n) is 7.13. The lowest BCUT2D eigenvalue weighted by molar-refractivity contribution is 0.768. The Balaban J connectivity index is 1.90. The van der Waals surface area contributed by atoms with Crippen LogP contribution in [0.1, 0.15) is 31.2 Å². The number of nitrogens with one attached hydrogen (secondary N) is 1. The van der Waals surface area contributed by atoms with Gasteiger partial charge in [-0.25, -0.2) is 9.97 Å². The summed E-state index contributed by atoms with van der Waals surface area (Å²) < 4.78 is 0. The highest BCUT2D eigenvalue weighted by Crippen LogP contribution is 2.33. The highest BCUT2D eigenvalue weighted by atomic mass is 32.1. The minimum absolute atomic E-state index is 0.638. The van der Waals surface area contributed by atoms with Crippen molar-refractivity contribution in [2.24, 2.45) is 0 Å². The molecule has 4 nitrogen and oxygen atoms in total. The zero-order valence-electron chi connectivity index (χ0n) is 12.0. The van der Waals surface area contributed by atoms with E-state index in [4.69, 9.17) is 4.98 Å². The SMILES string of the molecule is CCc1nc(NC)cc(N(Cc2ccsc2)C2CC2)n1. The molecule has 1 saturated carbocycles. The molecule has 2 aromatic heterocycles. The largest absolute Gasteiger partial charge is 0.373 e. The third-order valence-electron chi connectivity index (χ3n) is 3.55. The Morgan fingerprint density at radius 3 is 2.85 bits per heavy atom. The van der Waals surface area contributed by atoms with Crippen LogP contribution in [0.2, 0.25) is 0 Å². The van der Waals surface area contributed by atoms with Crippen molar-refractivity contribution in [2.75, 3.05) is 17.3 Å². The van der Waals surface area contributed by atoms with Crippen LogP contribution in [0.15, 0.2) is 22.9 Å². The van der Waals surface area contributed by atoms with Crippen LogP contribution in [0.5, 0.6) is 0 Å². The normalized spacial score (nSPS) is 14.3.